The zero-order valence-electron chi connectivity index (χ0n) is 15.4. The topological polar surface area (TPSA) is 37.6 Å². The fourth-order valence-corrected chi connectivity index (χ4v) is 2.46. The Kier molecular flexibility index (Phi) is 7.42. The molecule has 3 rings (SSSR count). The van der Waals surface area contributed by atoms with Crippen molar-refractivity contribution >= 4 is 22.8 Å². The van der Waals surface area contributed by atoms with E-state index in [0.29, 0.717) is 22.8 Å². The second-order valence-corrected chi connectivity index (χ2v) is 5.99. The molecule has 0 spiro atoms. The summed E-state index contributed by atoms with van der Waals surface area (Å²) >= 11 is 0. The average Bonchev–Trinajstić information content (AvgIpc) is 2.66. The maximum Gasteiger partial charge on any atom is 0.151 e. The number of hydrogen-bond donors (Lipinski definition) is 0. The zero-order chi connectivity index (χ0) is 20.3. The molecule has 3 aromatic rings. The predicted molar refractivity (Wildman–Crippen MR) is 101 cm³/mol. The first-order chi connectivity index (χ1) is 13.3. The molecular formula is C21H15F4FeN3. The molecule has 1 heterocycles. The second kappa shape index (κ2) is 9.58. The van der Waals surface area contributed by atoms with Crippen LogP contribution >= 0.6 is 0 Å². The van der Waals surface area contributed by atoms with E-state index in [1.165, 1.54) is 12.1 Å². The molecular weight excluding hydrogens is 426 g/mol. The summed E-state index contributed by atoms with van der Waals surface area (Å²) in [6.07, 6.45) is 0. The van der Waals surface area contributed by atoms with Crippen LogP contribution < -0.4 is 0 Å². The van der Waals surface area contributed by atoms with E-state index in [1.54, 1.807) is 32.0 Å². The third kappa shape index (κ3) is 5.59. The van der Waals surface area contributed by atoms with E-state index in [4.69, 9.17) is 0 Å². The molecule has 8 heteroatoms. The first-order valence-corrected chi connectivity index (χ1v) is 8.32. The molecule has 150 valence electrons. The van der Waals surface area contributed by atoms with Gasteiger partial charge in [0, 0.05) is 29.2 Å². The molecule has 3 nitrogen and oxygen atoms in total. The van der Waals surface area contributed by atoms with Crippen LogP contribution in [-0.2, 0) is 17.1 Å². The van der Waals surface area contributed by atoms with Gasteiger partial charge in [0.1, 0.15) is 11.6 Å². The van der Waals surface area contributed by atoms with E-state index < -0.39 is 23.3 Å². The van der Waals surface area contributed by atoms with E-state index in [0.717, 1.165) is 24.3 Å². The molecule has 1 aromatic heterocycles. The Morgan fingerprint density at radius 1 is 0.690 bits per heavy atom. The molecule has 0 aliphatic carbocycles. The number of benzene rings is 2. The molecule has 2 aromatic carbocycles. The summed E-state index contributed by atoms with van der Waals surface area (Å²) in [4.78, 5) is 12.7. The number of pyridine rings is 1. The first kappa shape index (κ1) is 22.5. The summed E-state index contributed by atoms with van der Waals surface area (Å²) in [6.45, 7) is 3.28. The Labute approximate surface area is 175 Å². The summed E-state index contributed by atoms with van der Waals surface area (Å²) in [5, 5.41) is 0. The second-order valence-electron chi connectivity index (χ2n) is 5.99. The molecule has 0 radical (unpaired) electrons. The number of halogens is 4. The van der Waals surface area contributed by atoms with Crippen LogP contribution in [0, 0.1) is 23.3 Å². The van der Waals surface area contributed by atoms with E-state index in [1.807, 2.05) is 0 Å². The van der Waals surface area contributed by atoms with Crippen molar-refractivity contribution in [1.82, 2.24) is 4.98 Å². The van der Waals surface area contributed by atoms with E-state index >= 15 is 0 Å². The van der Waals surface area contributed by atoms with Crippen molar-refractivity contribution in [3.63, 3.8) is 0 Å². The van der Waals surface area contributed by atoms with Crippen LogP contribution in [0.2, 0.25) is 0 Å². The van der Waals surface area contributed by atoms with E-state index in [-0.39, 0.29) is 28.4 Å². The Morgan fingerprint density at radius 3 is 1.48 bits per heavy atom. The largest absolute Gasteiger partial charge is 0.248 e. The van der Waals surface area contributed by atoms with Crippen LogP contribution in [0.1, 0.15) is 25.2 Å². The Hall–Kier alpha value is -2.83. The normalized spacial score (nSPS) is 11.9. The van der Waals surface area contributed by atoms with Gasteiger partial charge in [0.2, 0.25) is 0 Å². The number of aliphatic imine (C=N–C) groups is 2. The molecule has 0 aliphatic heterocycles. The van der Waals surface area contributed by atoms with Crippen molar-refractivity contribution in [1.29, 1.82) is 0 Å². The van der Waals surface area contributed by atoms with Gasteiger partial charge in [0.25, 0.3) is 0 Å². The smallest absolute Gasteiger partial charge is 0.151 e. The molecule has 0 atom stereocenters. The van der Waals surface area contributed by atoms with Crippen molar-refractivity contribution in [2.45, 2.75) is 13.8 Å². The SMILES string of the molecule is CC(=Nc1ccc(F)cc1F)c1cccc(C(C)=Nc2ccc(F)cc2F)n1.[Fe]. The predicted octanol–water partition coefficient (Wildman–Crippen LogP) is 5.92. The molecule has 0 bridgehead atoms. The molecule has 29 heavy (non-hydrogen) atoms. The quantitative estimate of drug-likeness (QED) is 0.282. The Bertz CT molecular complexity index is 1010. The minimum Gasteiger partial charge on any atom is -0.248 e. The van der Waals surface area contributed by atoms with Crippen molar-refractivity contribution in [3.8, 4) is 0 Å². The monoisotopic (exact) mass is 441 g/mol. The molecule has 0 aliphatic rings. The standard InChI is InChI=1S/C21H15F4N3.Fe/c1-12(26-20-8-6-14(22)10-16(20)24)18-4-3-5-19(28-18)13(2)27-21-9-7-15(23)11-17(21)25;/h3-11H,1-2H3;. The van der Waals surface area contributed by atoms with Gasteiger partial charge in [0.05, 0.1) is 34.2 Å². The summed E-state index contributed by atoms with van der Waals surface area (Å²) in [5.41, 5.74) is 1.71. The number of rotatable bonds is 4. The van der Waals surface area contributed by atoms with E-state index in [9.17, 15) is 17.6 Å². The van der Waals surface area contributed by atoms with Gasteiger partial charge in [-0.15, -0.1) is 0 Å². The van der Waals surface area contributed by atoms with Crippen LogP contribution in [0.3, 0.4) is 0 Å². The summed E-state index contributed by atoms with van der Waals surface area (Å²) < 4.78 is 53.6. The maximum absolute atomic E-state index is 13.8. The first-order valence-electron chi connectivity index (χ1n) is 8.32. The van der Waals surface area contributed by atoms with Gasteiger partial charge in [-0.2, -0.15) is 0 Å². The van der Waals surface area contributed by atoms with Gasteiger partial charge in [-0.25, -0.2) is 32.5 Å². The van der Waals surface area contributed by atoms with Crippen LogP contribution in [0.4, 0.5) is 28.9 Å². The van der Waals surface area contributed by atoms with Crippen LogP contribution in [0.5, 0.6) is 0 Å². The fraction of sp³-hybridized carbons (Fsp3) is 0.0952. The van der Waals surface area contributed by atoms with Gasteiger partial charge in [-0.3, -0.25) is 0 Å². The van der Waals surface area contributed by atoms with Gasteiger partial charge in [-0.05, 0) is 50.2 Å². The van der Waals surface area contributed by atoms with Gasteiger partial charge < -0.3 is 0 Å². The van der Waals surface area contributed by atoms with Crippen LogP contribution in [-0.4, -0.2) is 16.4 Å². The molecule has 0 amide bonds. The van der Waals surface area contributed by atoms with Crippen molar-refractivity contribution < 1.29 is 34.6 Å². The van der Waals surface area contributed by atoms with Gasteiger partial charge in [-0.1, -0.05) is 6.07 Å². The molecule has 0 unspecified atom stereocenters. The summed E-state index contributed by atoms with van der Waals surface area (Å²) in [7, 11) is 0. The third-order valence-electron chi connectivity index (χ3n) is 3.89. The Morgan fingerprint density at radius 2 is 1.10 bits per heavy atom. The molecule has 0 N–H and O–H groups in total. The molecule has 0 saturated heterocycles. The van der Waals surface area contributed by atoms with Crippen molar-refractivity contribution in [2.24, 2.45) is 9.98 Å². The zero-order valence-corrected chi connectivity index (χ0v) is 16.5. The minimum atomic E-state index is -0.778. The van der Waals surface area contributed by atoms with Gasteiger partial charge >= 0.3 is 0 Å². The third-order valence-corrected chi connectivity index (χ3v) is 3.89. The van der Waals surface area contributed by atoms with E-state index in [2.05, 4.69) is 15.0 Å². The molecule has 0 saturated carbocycles. The Balaban J connectivity index is 0.00000300. The number of aromatic nitrogens is 1. The number of nitrogens with zero attached hydrogens (tertiary/aromatic N) is 3. The summed E-state index contributed by atoms with van der Waals surface area (Å²) in [5.74, 6) is -2.93. The van der Waals surface area contributed by atoms with Gasteiger partial charge in [0.15, 0.2) is 11.6 Å². The van der Waals surface area contributed by atoms with Crippen LogP contribution in [0.15, 0.2) is 64.6 Å². The average molecular weight is 441 g/mol. The van der Waals surface area contributed by atoms with Crippen LogP contribution in [0.25, 0.3) is 0 Å². The molecule has 0 fully saturated rings. The number of hydrogen-bond acceptors (Lipinski definition) is 3. The summed E-state index contributed by atoms with van der Waals surface area (Å²) in [6, 6.07) is 11.3. The van der Waals surface area contributed by atoms with Crippen molar-refractivity contribution in [2.75, 3.05) is 0 Å². The maximum atomic E-state index is 13.8. The van der Waals surface area contributed by atoms with Crippen molar-refractivity contribution in [3.05, 3.63) is 89.3 Å². The minimum absolute atomic E-state index is 0. The fourth-order valence-electron chi connectivity index (χ4n) is 2.46.